The summed E-state index contributed by atoms with van der Waals surface area (Å²) in [4.78, 5) is 11.1. The average Bonchev–Trinajstić information content (AvgIpc) is 3.54. The molecule has 1 aliphatic carbocycles. The number of anilines is 2. The molecule has 3 aromatic heterocycles. The van der Waals surface area contributed by atoms with Crippen molar-refractivity contribution in [3.63, 3.8) is 0 Å². The molecule has 212 valence electrons. The molecule has 0 radical (unpaired) electrons. The predicted molar refractivity (Wildman–Crippen MR) is 157 cm³/mol. The van der Waals surface area contributed by atoms with E-state index in [0.717, 1.165) is 44.9 Å². The Balaban J connectivity index is 1.21. The van der Waals surface area contributed by atoms with Crippen LogP contribution >= 0.6 is 22.9 Å². The van der Waals surface area contributed by atoms with E-state index in [1.165, 1.54) is 17.7 Å². The summed E-state index contributed by atoms with van der Waals surface area (Å²) in [6, 6.07) is 11.7. The van der Waals surface area contributed by atoms with Crippen molar-refractivity contribution < 1.29 is 19.3 Å². The summed E-state index contributed by atoms with van der Waals surface area (Å²) in [5, 5.41) is 31.8. The Bertz CT molecular complexity index is 1690. The molecule has 2 aromatic carbocycles. The molecule has 5 aromatic rings. The molecule has 0 saturated carbocycles. The standard InChI is InChI=1S/C29H28ClFN6O3S/c30-23-11-19(4-7-25(23)40-15-17-2-1-3-18(31)10-17)35-28-26-21-5-6-24-22(27(21)41-29(26)34-16-33-28)14-37(36-24)13-20(39)12-32-8-9-38/h1-4,7,10-11,14,16,20,32,38-39H,5-6,8-9,12-13,15H2,(H,33,34,35)/t20-/m1/s1. The summed E-state index contributed by atoms with van der Waals surface area (Å²) >= 11 is 8.13. The fraction of sp³-hybridized carbons (Fsp3) is 0.276. The normalized spacial score (nSPS) is 13.2. The maximum atomic E-state index is 13.5. The van der Waals surface area contributed by atoms with Crippen LogP contribution in [0, 0.1) is 5.82 Å². The zero-order valence-electron chi connectivity index (χ0n) is 22.0. The second kappa shape index (κ2) is 12.1. The average molecular weight is 595 g/mol. The van der Waals surface area contributed by atoms with Crippen molar-refractivity contribution in [2.45, 2.75) is 32.1 Å². The highest BCUT2D eigenvalue weighted by Gasteiger charge is 2.27. The Kier molecular flexibility index (Phi) is 8.13. The van der Waals surface area contributed by atoms with E-state index < -0.39 is 6.10 Å². The molecule has 0 fully saturated rings. The van der Waals surface area contributed by atoms with Gasteiger partial charge in [-0.25, -0.2) is 14.4 Å². The monoisotopic (exact) mass is 594 g/mol. The van der Waals surface area contributed by atoms with Crippen molar-refractivity contribution in [2.24, 2.45) is 0 Å². The molecule has 12 heteroatoms. The highest BCUT2D eigenvalue weighted by molar-refractivity contribution is 7.22. The zero-order valence-corrected chi connectivity index (χ0v) is 23.6. The van der Waals surface area contributed by atoms with Crippen LogP contribution in [-0.4, -0.2) is 55.8 Å². The number of hydrogen-bond donors (Lipinski definition) is 4. The molecule has 1 atom stereocenters. The van der Waals surface area contributed by atoms with Gasteiger partial charge < -0.3 is 25.6 Å². The molecule has 4 N–H and O–H groups in total. The summed E-state index contributed by atoms with van der Waals surface area (Å²) in [7, 11) is 0. The van der Waals surface area contributed by atoms with Crippen LogP contribution in [0.15, 0.2) is 55.0 Å². The lowest BCUT2D eigenvalue weighted by atomic mass is 9.95. The van der Waals surface area contributed by atoms with Gasteiger partial charge in [-0.05, 0) is 54.3 Å². The topological polar surface area (TPSA) is 117 Å². The van der Waals surface area contributed by atoms with E-state index in [1.807, 2.05) is 12.3 Å². The number of aliphatic hydroxyl groups is 2. The number of thiophene rings is 1. The van der Waals surface area contributed by atoms with Crippen LogP contribution in [0.25, 0.3) is 20.7 Å². The quantitative estimate of drug-likeness (QED) is 0.162. The Labute approximate surface area is 244 Å². The van der Waals surface area contributed by atoms with Gasteiger partial charge in [0.05, 0.1) is 35.4 Å². The van der Waals surface area contributed by atoms with Gasteiger partial charge in [0, 0.05) is 35.4 Å². The largest absolute Gasteiger partial charge is 0.487 e. The third kappa shape index (κ3) is 6.04. The Hall–Kier alpha value is -3.61. The molecule has 0 spiro atoms. The number of aryl methyl sites for hydroxylation is 2. The van der Waals surface area contributed by atoms with Gasteiger partial charge in [-0.15, -0.1) is 11.3 Å². The second-order valence-electron chi connectivity index (χ2n) is 9.79. The van der Waals surface area contributed by atoms with Gasteiger partial charge in [0.25, 0.3) is 0 Å². The van der Waals surface area contributed by atoms with Gasteiger partial charge in [-0.2, -0.15) is 5.10 Å². The highest BCUT2D eigenvalue weighted by Crippen LogP contribution is 2.45. The van der Waals surface area contributed by atoms with E-state index in [1.54, 1.807) is 46.6 Å². The van der Waals surface area contributed by atoms with E-state index in [4.69, 9.17) is 26.5 Å². The minimum Gasteiger partial charge on any atom is -0.487 e. The third-order valence-corrected chi connectivity index (χ3v) is 8.29. The molecule has 0 saturated heterocycles. The SMILES string of the molecule is OCCNC[C@@H](O)Cn1cc2c(n1)CCc1c-2sc2ncnc(Nc3ccc(OCc4cccc(F)c4)c(Cl)c3)c12. The van der Waals surface area contributed by atoms with Crippen molar-refractivity contribution in [3.05, 3.63) is 82.6 Å². The first-order valence-corrected chi connectivity index (χ1v) is 14.4. The van der Waals surface area contributed by atoms with Gasteiger partial charge in [0.1, 0.15) is 35.1 Å². The number of nitrogens with one attached hydrogen (secondary N) is 2. The van der Waals surface area contributed by atoms with E-state index in [0.29, 0.717) is 41.8 Å². The molecule has 0 bridgehead atoms. The minimum atomic E-state index is -0.614. The number of hydrogen-bond acceptors (Lipinski definition) is 9. The number of fused-ring (bicyclic) bond motifs is 5. The molecule has 0 amide bonds. The van der Waals surface area contributed by atoms with E-state index in [2.05, 4.69) is 20.6 Å². The molecule has 3 heterocycles. The Morgan fingerprint density at radius 2 is 2.07 bits per heavy atom. The fourth-order valence-corrected chi connectivity index (χ4v) is 6.42. The maximum absolute atomic E-state index is 13.5. The van der Waals surface area contributed by atoms with Crippen LogP contribution in [0.5, 0.6) is 5.75 Å². The first-order valence-electron chi connectivity index (χ1n) is 13.2. The first-order chi connectivity index (χ1) is 20.0. The fourth-order valence-electron chi connectivity index (χ4n) is 4.96. The van der Waals surface area contributed by atoms with Crippen molar-refractivity contribution >= 4 is 44.7 Å². The maximum Gasteiger partial charge on any atom is 0.142 e. The molecule has 9 nitrogen and oxygen atoms in total. The number of ether oxygens (including phenoxy) is 1. The van der Waals surface area contributed by atoms with E-state index in [-0.39, 0.29) is 19.0 Å². The lowest BCUT2D eigenvalue weighted by Crippen LogP contribution is -2.32. The van der Waals surface area contributed by atoms with Crippen molar-refractivity contribution in [3.8, 4) is 16.2 Å². The van der Waals surface area contributed by atoms with Crippen LogP contribution in [0.1, 0.15) is 16.8 Å². The van der Waals surface area contributed by atoms with E-state index >= 15 is 0 Å². The van der Waals surface area contributed by atoms with Gasteiger partial charge in [-0.3, -0.25) is 4.68 Å². The molecular formula is C29H28ClFN6O3S. The van der Waals surface area contributed by atoms with Gasteiger partial charge in [0.2, 0.25) is 0 Å². The van der Waals surface area contributed by atoms with Crippen molar-refractivity contribution in [1.29, 1.82) is 0 Å². The van der Waals surface area contributed by atoms with Gasteiger partial charge in [-0.1, -0.05) is 23.7 Å². The number of halogens is 2. The number of rotatable bonds is 11. The van der Waals surface area contributed by atoms with Crippen LogP contribution in [0.3, 0.4) is 0 Å². The molecular weight excluding hydrogens is 567 g/mol. The minimum absolute atomic E-state index is 0.0298. The number of aliphatic hydroxyl groups excluding tert-OH is 2. The second-order valence-corrected chi connectivity index (χ2v) is 11.2. The van der Waals surface area contributed by atoms with E-state index in [9.17, 15) is 9.50 Å². The summed E-state index contributed by atoms with van der Waals surface area (Å²) in [5.74, 6) is 0.884. The predicted octanol–water partition coefficient (Wildman–Crippen LogP) is 4.71. The molecule has 6 rings (SSSR count). The van der Waals surface area contributed by atoms with Crippen LogP contribution < -0.4 is 15.4 Å². The van der Waals surface area contributed by atoms with Crippen LogP contribution in [-0.2, 0) is 26.0 Å². The number of benzene rings is 2. The smallest absolute Gasteiger partial charge is 0.142 e. The summed E-state index contributed by atoms with van der Waals surface area (Å²) < 4.78 is 21.1. The Morgan fingerprint density at radius 1 is 1.17 bits per heavy atom. The highest BCUT2D eigenvalue weighted by atomic mass is 35.5. The third-order valence-electron chi connectivity index (χ3n) is 6.83. The van der Waals surface area contributed by atoms with Gasteiger partial charge >= 0.3 is 0 Å². The molecule has 0 aliphatic heterocycles. The lowest BCUT2D eigenvalue weighted by Gasteiger charge is -2.13. The number of nitrogens with zero attached hydrogens (tertiary/aromatic N) is 4. The van der Waals surface area contributed by atoms with Crippen LogP contribution in [0.4, 0.5) is 15.9 Å². The lowest BCUT2D eigenvalue weighted by molar-refractivity contribution is 0.144. The van der Waals surface area contributed by atoms with Crippen molar-refractivity contribution in [1.82, 2.24) is 25.1 Å². The van der Waals surface area contributed by atoms with Crippen molar-refractivity contribution in [2.75, 3.05) is 25.0 Å². The van der Waals surface area contributed by atoms with Crippen LogP contribution in [0.2, 0.25) is 5.02 Å². The first kappa shape index (κ1) is 27.6. The molecule has 0 unspecified atom stereocenters. The number of aromatic nitrogens is 4. The molecule has 1 aliphatic rings. The Morgan fingerprint density at radius 3 is 2.90 bits per heavy atom. The zero-order chi connectivity index (χ0) is 28.3. The summed E-state index contributed by atoms with van der Waals surface area (Å²) in [6.45, 7) is 1.42. The summed E-state index contributed by atoms with van der Waals surface area (Å²) in [6.07, 6.45) is 4.50. The van der Waals surface area contributed by atoms with Gasteiger partial charge in [0.15, 0.2) is 0 Å². The molecule has 41 heavy (non-hydrogen) atoms. The summed E-state index contributed by atoms with van der Waals surface area (Å²) in [5.41, 5.74) is 4.70.